The van der Waals surface area contributed by atoms with Gasteiger partial charge in [-0.05, 0) is 97.9 Å². The predicted molar refractivity (Wildman–Crippen MR) is 111 cm³/mol. The maximum absolute atomic E-state index is 12.7. The minimum atomic E-state index is -0.508. The number of amides is 2. The van der Waals surface area contributed by atoms with E-state index in [1.54, 1.807) is 12.1 Å². The fourth-order valence-electron chi connectivity index (χ4n) is 6.26. The molecule has 0 saturated heterocycles. The largest absolute Gasteiger partial charge is 0.484 e. The second-order valence-electron chi connectivity index (χ2n) is 9.32. The van der Waals surface area contributed by atoms with Crippen molar-refractivity contribution in [1.82, 2.24) is 5.43 Å². The molecule has 0 aromatic heterocycles. The Labute approximate surface area is 172 Å². The lowest BCUT2D eigenvalue weighted by molar-refractivity contribution is -0.129. The lowest BCUT2D eigenvalue weighted by Gasteiger charge is -2.56. The summed E-state index contributed by atoms with van der Waals surface area (Å²) in [5.74, 6) is 2.65. The molecule has 4 aliphatic carbocycles. The van der Waals surface area contributed by atoms with E-state index in [1.165, 1.54) is 38.5 Å². The fourth-order valence-corrected chi connectivity index (χ4v) is 6.26. The first kappa shape index (κ1) is 19.9. The quantitative estimate of drug-likeness (QED) is 0.520. The SMILES string of the molecule is CC/C(=N/NC(=O)CC12CC3CC(CC(C3)C1)C2)c1ccc(OCC(N)=O)cc1. The van der Waals surface area contributed by atoms with Crippen LogP contribution in [0, 0.1) is 23.2 Å². The molecule has 6 heteroatoms. The maximum Gasteiger partial charge on any atom is 0.255 e. The summed E-state index contributed by atoms with van der Waals surface area (Å²) in [6.07, 6.45) is 9.15. The molecule has 0 heterocycles. The summed E-state index contributed by atoms with van der Waals surface area (Å²) in [6.45, 7) is 1.87. The number of hydrazone groups is 1. The van der Waals surface area contributed by atoms with E-state index in [1.807, 2.05) is 19.1 Å². The Morgan fingerprint density at radius 2 is 1.69 bits per heavy atom. The Bertz CT molecular complexity index is 765. The molecule has 29 heavy (non-hydrogen) atoms. The lowest BCUT2D eigenvalue weighted by atomic mass is 9.49. The van der Waals surface area contributed by atoms with E-state index in [0.29, 0.717) is 18.6 Å². The molecule has 0 unspecified atom stereocenters. The van der Waals surface area contributed by atoms with Crippen molar-refractivity contribution in [2.75, 3.05) is 6.61 Å². The van der Waals surface area contributed by atoms with E-state index < -0.39 is 5.91 Å². The first-order valence-corrected chi connectivity index (χ1v) is 10.8. The molecule has 5 rings (SSSR count). The summed E-state index contributed by atoms with van der Waals surface area (Å²) in [6, 6.07) is 7.31. The van der Waals surface area contributed by atoms with Crippen molar-refractivity contribution in [2.24, 2.45) is 34.0 Å². The number of hydrogen-bond donors (Lipinski definition) is 2. The number of benzene rings is 1. The minimum absolute atomic E-state index is 0.0410. The monoisotopic (exact) mass is 397 g/mol. The van der Waals surface area contributed by atoms with Gasteiger partial charge in [0, 0.05) is 6.42 Å². The molecule has 4 bridgehead atoms. The Kier molecular flexibility index (Phi) is 5.61. The topological polar surface area (TPSA) is 93.8 Å². The van der Waals surface area contributed by atoms with Gasteiger partial charge in [-0.3, -0.25) is 9.59 Å². The first-order valence-electron chi connectivity index (χ1n) is 10.8. The smallest absolute Gasteiger partial charge is 0.255 e. The summed E-state index contributed by atoms with van der Waals surface area (Å²) in [4.78, 5) is 23.5. The van der Waals surface area contributed by atoms with Crippen molar-refractivity contribution < 1.29 is 14.3 Å². The second-order valence-corrected chi connectivity index (χ2v) is 9.32. The highest BCUT2D eigenvalue weighted by Crippen LogP contribution is 2.61. The molecule has 6 nitrogen and oxygen atoms in total. The Morgan fingerprint density at radius 3 is 2.21 bits per heavy atom. The van der Waals surface area contributed by atoms with Crippen molar-refractivity contribution in [3.63, 3.8) is 0 Å². The van der Waals surface area contributed by atoms with Crippen molar-refractivity contribution in [3.8, 4) is 5.75 Å². The average Bonchev–Trinajstić information content (AvgIpc) is 2.66. The van der Waals surface area contributed by atoms with E-state index in [0.717, 1.165) is 29.0 Å². The maximum atomic E-state index is 12.7. The molecule has 4 saturated carbocycles. The number of nitrogens with one attached hydrogen (secondary N) is 1. The zero-order chi connectivity index (χ0) is 20.4. The number of rotatable bonds is 8. The van der Waals surface area contributed by atoms with Crippen LogP contribution in [0.3, 0.4) is 0 Å². The van der Waals surface area contributed by atoms with Gasteiger partial charge < -0.3 is 10.5 Å². The summed E-state index contributed by atoms with van der Waals surface area (Å²) in [5, 5.41) is 4.42. The normalized spacial score (nSPS) is 30.2. The van der Waals surface area contributed by atoms with E-state index in [9.17, 15) is 9.59 Å². The number of carbonyl (C=O) groups excluding carboxylic acids is 2. The highest BCUT2D eigenvalue weighted by Gasteiger charge is 2.51. The summed E-state index contributed by atoms with van der Waals surface area (Å²) >= 11 is 0. The highest BCUT2D eigenvalue weighted by atomic mass is 16.5. The van der Waals surface area contributed by atoms with Gasteiger partial charge in [0.2, 0.25) is 5.91 Å². The molecule has 2 amide bonds. The van der Waals surface area contributed by atoms with Gasteiger partial charge in [0.25, 0.3) is 5.91 Å². The van der Waals surface area contributed by atoms with Gasteiger partial charge in [0.1, 0.15) is 5.75 Å². The third kappa shape index (κ3) is 4.62. The van der Waals surface area contributed by atoms with Crippen LogP contribution in [0.4, 0.5) is 0 Å². The van der Waals surface area contributed by atoms with Gasteiger partial charge in [-0.25, -0.2) is 5.43 Å². The molecule has 0 radical (unpaired) electrons. The van der Waals surface area contributed by atoms with Crippen LogP contribution in [-0.4, -0.2) is 24.1 Å². The first-order chi connectivity index (χ1) is 13.9. The van der Waals surface area contributed by atoms with Crippen LogP contribution in [0.2, 0.25) is 0 Å². The standard InChI is InChI=1S/C23H31N3O3/c1-2-20(18-3-5-19(6-4-18)29-14-21(24)27)25-26-22(28)13-23-10-15-7-16(11-23)9-17(8-15)12-23/h3-6,15-17H,2,7-14H2,1H3,(H2,24,27)(H,26,28)/b25-20-. The van der Waals surface area contributed by atoms with Crippen LogP contribution in [-0.2, 0) is 9.59 Å². The van der Waals surface area contributed by atoms with Gasteiger partial charge in [0.05, 0.1) is 5.71 Å². The molecule has 0 aliphatic heterocycles. The summed E-state index contributed by atoms with van der Waals surface area (Å²) in [7, 11) is 0. The van der Waals surface area contributed by atoms with Crippen molar-refractivity contribution in [3.05, 3.63) is 29.8 Å². The molecular formula is C23H31N3O3. The zero-order valence-electron chi connectivity index (χ0n) is 17.2. The van der Waals surface area contributed by atoms with E-state index in [2.05, 4.69) is 10.5 Å². The van der Waals surface area contributed by atoms with Crippen LogP contribution >= 0.6 is 0 Å². The van der Waals surface area contributed by atoms with Gasteiger partial charge in [-0.1, -0.05) is 6.92 Å². The van der Waals surface area contributed by atoms with Gasteiger partial charge in [-0.2, -0.15) is 5.10 Å². The summed E-state index contributed by atoms with van der Waals surface area (Å²) < 4.78 is 5.28. The van der Waals surface area contributed by atoms with Crippen molar-refractivity contribution in [1.29, 1.82) is 0 Å². The fraction of sp³-hybridized carbons (Fsp3) is 0.609. The van der Waals surface area contributed by atoms with E-state index in [4.69, 9.17) is 10.5 Å². The van der Waals surface area contributed by atoms with Gasteiger partial charge in [-0.15, -0.1) is 0 Å². The highest BCUT2D eigenvalue weighted by molar-refractivity contribution is 6.01. The second kappa shape index (κ2) is 8.17. The number of carbonyl (C=O) groups is 2. The number of nitrogens with zero attached hydrogens (tertiary/aromatic N) is 1. The third-order valence-corrected chi connectivity index (χ3v) is 6.92. The van der Waals surface area contributed by atoms with Crippen LogP contribution in [0.1, 0.15) is 63.9 Å². The Balaban J connectivity index is 1.35. The van der Waals surface area contributed by atoms with Crippen LogP contribution < -0.4 is 15.9 Å². The molecule has 156 valence electrons. The van der Waals surface area contributed by atoms with Crippen LogP contribution in [0.25, 0.3) is 0 Å². The van der Waals surface area contributed by atoms with Crippen LogP contribution in [0.5, 0.6) is 5.75 Å². The Hall–Kier alpha value is -2.37. The molecule has 3 N–H and O–H groups in total. The minimum Gasteiger partial charge on any atom is -0.484 e. The number of primary amides is 1. The van der Waals surface area contributed by atoms with Crippen molar-refractivity contribution >= 4 is 17.5 Å². The van der Waals surface area contributed by atoms with Gasteiger partial charge in [0.15, 0.2) is 6.61 Å². The molecule has 0 spiro atoms. The zero-order valence-corrected chi connectivity index (χ0v) is 17.2. The molecule has 4 aliphatic rings. The number of hydrogen-bond acceptors (Lipinski definition) is 4. The molecule has 4 fully saturated rings. The number of ether oxygens (including phenoxy) is 1. The molecule has 1 aromatic carbocycles. The summed E-state index contributed by atoms with van der Waals surface area (Å²) in [5.41, 5.74) is 9.88. The molecule has 0 atom stereocenters. The Morgan fingerprint density at radius 1 is 1.10 bits per heavy atom. The van der Waals surface area contributed by atoms with E-state index >= 15 is 0 Å². The van der Waals surface area contributed by atoms with E-state index in [-0.39, 0.29) is 17.9 Å². The van der Waals surface area contributed by atoms with Crippen molar-refractivity contribution in [2.45, 2.75) is 58.3 Å². The third-order valence-electron chi connectivity index (χ3n) is 6.92. The molecular weight excluding hydrogens is 366 g/mol. The lowest BCUT2D eigenvalue weighted by Crippen LogP contribution is -2.47. The average molecular weight is 398 g/mol. The predicted octanol–water partition coefficient (Wildman–Crippen LogP) is 3.39. The van der Waals surface area contributed by atoms with Gasteiger partial charge >= 0.3 is 0 Å². The number of nitrogens with two attached hydrogens (primary N) is 1. The molecule has 1 aromatic rings. The van der Waals surface area contributed by atoms with Crippen LogP contribution in [0.15, 0.2) is 29.4 Å².